The van der Waals surface area contributed by atoms with Crippen molar-refractivity contribution in [3.63, 3.8) is 0 Å². The van der Waals surface area contributed by atoms with Crippen molar-refractivity contribution in [2.45, 2.75) is 34.1 Å². The summed E-state index contributed by atoms with van der Waals surface area (Å²) in [5.41, 5.74) is 0. The molecule has 0 saturated carbocycles. The van der Waals surface area contributed by atoms with Crippen LogP contribution in [-0.4, -0.2) is 88.3 Å². The van der Waals surface area contributed by atoms with Gasteiger partial charge in [-0.15, -0.1) is 0 Å². The molecule has 0 aliphatic carbocycles. The molecule has 1 rings (SSSR count). The number of ether oxygens (including phenoxy) is 1. The maximum atomic E-state index is 5.10. The van der Waals surface area contributed by atoms with Crippen molar-refractivity contribution in [2.24, 2.45) is 0 Å². The van der Waals surface area contributed by atoms with Crippen molar-refractivity contribution in [1.82, 2.24) is 14.7 Å². The van der Waals surface area contributed by atoms with Crippen LogP contribution < -0.4 is 0 Å². The van der Waals surface area contributed by atoms with E-state index in [2.05, 4.69) is 28.8 Å². The van der Waals surface area contributed by atoms with Crippen molar-refractivity contribution < 1.29 is 4.74 Å². The molecule has 4 heteroatoms. The zero-order valence-electron chi connectivity index (χ0n) is 15.1. The van der Waals surface area contributed by atoms with Crippen molar-refractivity contribution in [1.29, 1.82) is 0 Å². The number of hydrogen-bond donors (Lipinski definition) is 0. The quantitative estimate of drug-likeness (QED) is 0.715. The van der Waals surface area contributed by atoms with E-state index in [1.165, 1.54) is 45.7 Å². The molecule has 124 valence electrons. The van der Waals surface area contributed by atoms with E-state index in [0.717, 1.165) is 13.2 Å². The highest BCUT2D eigenvalue weighted by atomic mass is 16.5. The summed E-state index contributed by atoms with van der Waals surface area (Å²) in [6.45, 7) is 17.2. The number of rotatable bonds is 7. The Balaban J connectivity index is 0. The largest absolute Gasteiger partial charge is 0.383 e. The molecular formula is C16H39N3O. The van der Waals surface area contributed by atoms with Gasteiger partial charge in [-0.3, -0.25) is 4.90 Å². The van der Waals surface area contributed by atoms with Gasteiger partial charge in [0.05, 0.1) is 6.61 Å². The van der Waals surface area contributed by atoms with Gasteiger partial charge in [-0.1, -0.05) is 27.7 Å². The first-order chi connectivity index (χ1) is 9.72. The molecule has 1 fully saturated rings. The van der Waals surface area contributed by atoms with E-state index in [1.807, 2.05) is 27.7 Å². The fourth-order valence-corrected chi connectivity index (χ4v) is 2.07. The zero-order chi connectivity index (χ0) is 15.8. The van der Waals surface area contributed by atoms with Crippen LogP contribution in [0.2, 0.25) is 0 Å². The van der Waals surface area contributed by atoms with E-state index in [9.17, 15) is 0 Å². The van der Waals surface area contributed by atoms with E-state index in [4.69, 9.17) is 4.74 Å². The molecule has 0 amide bonds. The second kappa shape index (κ2) is 16.9. The van der Waals surface area contributed by atoms with Gasteiger partial charge in [0.2, 0.25) is 0 Å². The Morgan fingerprint density at radius 3 is 1.70 bits per heavy atom. The Hall–Kier alpha value is -0.160. The van der Waals surface area contributed by atoms with E-state index in [1.54, 1.807) is 7.11 Å². The first kappa shape index (κ1) is 22.1. The molecular weight excluding hydrogens is 250 g/mol. The first-order valence-corrected chi connectivity index (χ1v) is 8.30. The minimum Gasteiger partial charge on any atom is -0.383 e. The second-order valence-corrected chi connectivity index (χ2v) is 4.83. The number of methoxy groups -OCH3 is 1. The van der Waals surface area contributed by atoms with Crippen LogP contribution in [0.5, 0.6) is 0 Å². The molecule has 0 aromatic rings. The van der Waals surface area contributed by atoms with Gasteiger partial charge in [0.1, 0.15) is 0 Å². The third-order valence-electron chi connectivity index (χ3n) is 3.16. The molecule has 1 aliphatic rings. The lowest BCUT2D eigenvalue weighted by molar-refractivity contribution is 0.0954. The minimum absolute atomic E-state index is 0.862. The molecule has 1 heterocycles. The van der Waals surface area contributed by atoms with Gasteiger partial charge in [0.15, 0.2) is 0 Å². The van der Waals surface area contributed by atoms with Crippen LogP contribution in [0.4, 0.5) is 0 Å². The van der Waals surface area contributed by atoms with Gasteiger partial charge in [0, 0.05) is 39.8 Å². The number of piperazine rings is 1. The van der Waals surface area contributed by atoms with Crippen LogP contribution in [0.1, 0.15) is 34.1 Å². The summed E-state index contributed by atoms with van der Waals surface area (Å²) in [4.78, 5) is 7.33. The number of nitrogens with zero attached hydrogens (tertiary/aromatic N) is 3. The van der Waals surface area contributed by atoms with Crippen LogP contribution in [0.15, 0.2) is 0 Å². The van der Waals surface area contributed by atoms with E-state index in [0.29, 0.717) is 0 Å². The average Bonchev–Trinajstić information content (AvgIpc) is 2.50. The smallest absolute Gasteiger partial charge is 0.0589 e. The first-order valence-electron chi connectivity index (χ1n) is 8.30. The maximum absolute atomic E-state index is 5.10. The molecule has 0 aromatic carbocycles. The van der Waals surface area contributed by atoms with Gasteiger partial charge in [-0.2, -0.15) is 0 Å². The molecule has 0 aromatic heterocycles. The summed E-state index contributed by atoms with van der Waals surface area (Å²) < 4.78 is 5.10. The van der Waals surface area contributed by atoms with E-state index in [-0.39, 0.29) is 0 Å². The summed E-state index contributed by atoms with van der Waals surface area (Å²) in [5, 5.41) is 0. The Morgan fingerprint density at radius 2 is 1.30 bits per heavy atom. The summed E-state index contributed by atoms with van der Waals surface area (Å²) >= 11 is 0. The Morgan fingerprint density at radius 1 is 0.850 bits per heavy atom. The standard InChI is InChI=1S/C12H27N3O.2C2H6/c1-13(2)5-4-6-14-7-9-15(10-8-14)11-12-16-3;2*1-2/h4-12H2,1-3H3;2*1-2H3. The molecule has 0 N–H and O–H groups in total. The third kappa shape index (κ3) is 12.9. The van der Waals surface area contributed by atoms with E-state index < -0.39 is 0 Å². The lowest BCUT2D eigenvalue weighted by Crippen LogP contribution is -2.47. The monoisotopic (exact) mass is 289 g/mol. The van der Waals surface area contributed by atoms with Crippen LogP contribution in [0, 0.1) is 0 Å². The molecule has 0 spiro atoms. The Labute approximate surface area is 128 Å². The fourth-order valence-electron chi connectivity index (χ4n) is 2.07. The topological polar surface area (TPSA) is 19.0 Å². The SMILES string of the molecule is CC.CC.COCCN1CCN(CCCN(C)C)CC1. The summed E-state index contributed by atoms with van der Waals surface area (Å²) in [7, 11) is 6.06. The van der Waals surface area contributed by atoms with Crippen LogP contribution in [0.3, 0.4) is 0 Å². The maximum Gasteiger partial charge on any atom is 0.0589 e. The number of hydrogen-bond acceptors (Lipinski definition) is 4. The lowest BCUT2D eigenvalue weighted by atomic mass is 10.3. The molecule has 0 unspecified atom stereocenters. The van der Waals surface area contributed by atoms with E-state index >= 15 is 0 Å². The fraction of sp³-hybridized carbons (Fsp3) is 1.00. The van der Waals surface area contributed by atoms with Gasteiger partial charge < -0.3 is 14.5 Å². The molecule has 0 atom stereocenters. The molecule has 0 bridgehead atoms. The molecule has 1 aliphatic heterocycles. The van der Waals surface area contributed by atoms with Crippen molar-refractivity contribution in [3.05, 3.63) is 0 Å². The van der Waals surface area contributed by atoms with Gasteiger partial charge in [-0.05, 0) is 33.6 Å². The highest BCUT2D eigenvalue weighted by Gasteiger charge is 2.15. The highest BCUT2D eigenvalue weighted by molar-refractivity contribution is 4.71. The van der Waals surface area contributed by atoms with Gasteiger partial charge in [-0.25, -0.2) is 0 Å². The highest BCUT2D eigenvalue weighted by Crippen LogP contribution is 2.02. The molecule has 0 radical (unpaired) electrons. The summed E-state index contributed by atoms with van der Waals surface area (Å²) in [5.74, 6) is 0. The minimum atomic E-state index is 0.862. The van der Waals surface area contributed by atoms with Crippen molar-refractivity contribution >= 4 is 0 Å². The Kier molecular flexibility index (Phi) is 18.7. The zero-order valence-corrected chi connectivity index (χ0v) is 15.1. The van der Waals surface area contributed by atoms with Crippen LogP contribution in [-0.2, 0) is 4.74 Å². The Bertz CT molecular complexity index is 169. The van der Waals surface area contributed by atoms with Crippen molar-refractivity contribution in [3.8, 4) is 0 Å². The van der Waals surface area contributed by atoms with Gasteiger partial charge in [0.25, 0.3) is 0 Å². The van der Waals surface area contributed by atoms with Crippen LogP contribution in [0.25, 0.3) is 0 Å². The van der Waals surface area contributed by atoms with Crippen LogP contribution >= 0.6 is 0 Å². The van der Waals surface area contributed by atoms with Gasteiger partial charge >= 0.3 is 0 Å². The third-order valence-corrected chi connectivity index (χ3v) is 3.16. The lowest BCUT2D eigenvalue weighted by Gasteiger charge is -2.34. The van der Waals surface area contributed by atoms with Crippen molar-refractivity contribution in [2.75, 3.05) is 73.6 Å². The normalized spacial score (nSPS) is 16.2. The summed E-state index contributed by atoms with van der Waals surface area (Å²) in [6.07, 6.45) is 1.28. The second-order valence-electron chi connectivity index (χ2n) is 4.83. The average molecular weight is 290 g/mol. The predicted octanol–water partition coefficient (Wildman–Crippen LogP) is 2.25. The molecule has 20 heavy (non-hydrogen) atoms. The molecule has 4 nitrogen and oxygen atoms in total. The predicted molar refractivity (Wildman–Crippen MR) is 90.6 cm³/mol. The molecule has 1 saturated heterocycles. The summed E-state index contributed by atoms with van der Waals surface area (Å²) in [6, 6.07) is 0.